The van der Waals surface area contributed by atoms with E-state index < -0.39 is 0 Å². The number of nitrogens with zero attached hydrogens (tertiary/aromatic N) is 2. The highest BCUT2D eigenvalue weighted by Crippen LogP contribution is 2.14. The van der Waals surface area contributed by atoms with Crippen LogP contribution in [0, 0.1) is 0 Å². The molecule has 0 bridgehead atoms. The summed E-state index contributed by atoms with van der Waals surface area (Å²) in [7, 11) is 1.63. The number of hydrogen-bond donors (Lipinski definition) is 1. The van der Waals surface area contributed by atoms with Crippen LogP contribution in [0.5, 0.6) is 5.75 Å². The lowest BCUT2D eigenvalue weighted by Crippen LogP contribution is -2.45. The predicted molar refractivity (Wildman–Crippen MR) is 118 cm³/mol. The van der Waals surface area contributed by atoms with E-state index in [4.69, 9.17) is 4.74 Å². The van der Waals surface area contributed by atoms with Gasteiger partial charge < -0.3 is 15.0 Å². The van der Waals surface area contributed by atoms with Crippen molar-refractivity contribution in [3.8, 4) is 5.75 Å². The highest BCUT2D eigenvalue weighted by molar-refractivity contribution is 5.91. The van der Waals surface area contributed by atoms with E-state index in [-0.39, 0.29) is 5.91 Å². The van der Waals surface area contributed by atoms with Crippen molar-refractivity contribution in [2.75, 3.05) is 39.8 Å². The van der Waals surface area contributed by atoms with E-state index in [1.807, 2.05) is 24.3 Å². The molecule has 1 aliphatic rings. The van der Waals surface area contributed by atoms with Gasteiger partial charge in [0, 0.05) is 45.3 Å². The van der Waals surface area contributed by atoms with Crippen LogP contribution in [0.4, 0.5) is 0 Å². The third-order valence-corrected chi connectivity index (χ3v) is 5.33. The van der Waals surface area contributed by atoms with Crippen LogP contribution in [-0.2, 0) is 17.9 Å². The molecule has 1 amide bonds. The molecule has 0 aromatic heterocycles. The molecule has 1 aliphatic heterocycles. The van der Waals surface area contributed by atoms with E-state index in [1.165, 1.54) is 5.56 Å². The van der Waals surface area contributed by atoms with E-state index in [0.717, 1.165) is 56.1 Å². The van der Waals surface area contributed by atoms with Gasteiger partial charge in [0.05, 0.1) is 7.11 Å². The van der Waals surface area contributed by atoms with Gasteiger partial charge in [-0.3, -0.25) is 9.69 Å². The second-order valence-corrected chi connectivity index (χ2v) is 7.35. The fourth-order valence-corrected chi connectivity index (χ4v) is 3.45. The fraction of sp³-hybridized carbons (Fsp3) is 0.375. The zero-order valence-electron chi connectivity index (χ0n) is 17.4. The smallest absolute Gasteiger partial charge is 0.244 e. The van der Waals surface area contributed by atoms with Crippen molar-refractivity contribution in [1.29, 1.82) is 0 Å². The molecule has 154 valence electrons. The molecule has 5 nitrogen and oxygen atoms in total. The average Bonchev–Trinajstić information content (AvgIpc) is 2.78. The SMILES string of the molecule is CCN1CCN(Cc2ccc(CNC(=O)C=Cc3cccc(OC)c3)cc2)CC1. The number of piperazine rings is 1. The Morgan fingerprint density at radius 1 is 1.03 bits per heavy atom. The maximum atomic E-state index is 12.1. The summed E-state index contributed by atoms with van der Waals surface area (Å²) in [6.45, 7) is 9.46. The van der Waals surface area contributed by atoms with Crippen molar-refractivity contribution in [3.63, 3.8) is 0 Å². The number of rotatable bonds is 8. The van der Waals surface area contributed by atoms with Crippen molar-refractivity contribution >= 4 is 12.0 Å². The van der Waals surface area contributed by atoms with Crippen molar-refractivity contribution in [3.05, 3.63) is 71.3 Å². The Morgan fingerprint density at radius 3 is 2.41 bits per heavy atom. The quantitative estimate of drug-likeness (QED) is 0.700. The zero-order chi connectivity index (χ0) is 20.5. The summed E-state index contributed by atoms with van der Waals surface area (Å²) in [6, 6.07) is 16.2. The minimum atomic E-state index is -0.106. The van der Waals surface area contributed by atoms with E-state index in [0.29, 0.717) is 6.54 Å². The standard InChI is InChI=1S/C24H31N3O2/c1-3-26-13-15-27(16-14-26)19-22-9-7-21(8-10-22)18-25-24(28)12-11-20-5-4-6-23(17-20)29-2/h4-12,17H,3,13-16,18-19H2,1-2H3,(H,25,28). The van der Waals surface area contributed by atoms with Gasteiger partial charge in [-0.25, -0.2) is 0 Å². The Labute approximate surface area is 174 Å². The molecule has 3 rings (SSSR count). The molecule has 1 N–H and O–H groups in total. The summed E-state index contributed by atoms with van der Waals surface area (Å²) >= 11 is 0. The molecular weight excluding hydrogens is 362 g/mol. The monoisotopic (exact) mass is 393 g/mol. The Kier molecular flexibility index (Phi) is 7.85. The molecule has 1 fully saturated rings. The molecule has 0 radical (unpaired) electrons. The van der Waals surface area contributed by atoms with Crippen LogP contribution < -0.4 is 10.1 Å². The Balaban J connectivity index is 1.43. The third-order valence-electron chi connectivity index (χ3n) is 5.33. The van der Waals surface area contributed by atoms with E-state index >= 15 is 0 Å². The lowest BCUT2D eigenvalue weighted by Gasteiger charge is -2.34. The topological polar surface area (TPSA) is 44.8 Å². The first-order valence-corrected chi connectivity index (χ1v) is 10.3. The van der Waals surface area contributed by atoms with Crippen molar-refractivity contribution in [1.82, 2.24) is 15.1 Å². The lowest BCUT2D eigenvalue weighted by molar-refractivity contribution is -0.116. The molecule has 29 heavy (non-hydrogen) atoms. The molecular formula is C24H31N3O2. The lowest BCUT2D eigenvalue weighted by atomic mass is 10.1. The van der Waals surface area contributed by atoms with Crippen LogP contribution in [0.3, 0.4) is 0 Å². The second-order valence-electron chi connectivity index (χ2n) is 7.35. The van der Waals surface area contributed by atoms with Gasteiger partial charge in [0.2, 0.25) is 5.91 Å². The van der Waals surface area contributed by atoms with Gasteiger partial charge in [-0.2, -0.15) is 0 Å². The summed E-state index contributed by atoms with van der Waals surface area (Å²) < 4.78 is 5.19. The molecule has 0 saturated carbocycles. The Bertz CT molecular complexity index is 809. The number of likely N-dealkylation sites (N-methyl/N-ethyl adjacent to an activating group) is 1. The van der Waals surface area contributed by atoms with Crippen LogP contribution in [0.25, 0.3) is 6.08 Å². The molecule has 2 aromatic carbocycles. The maximum absolute atomic E-state index is 12.1. The number of benzene rings is 2. The Morgan fingerprint density at radius 2 is 1.72 bits per heavy atom. The third kappa shape index (κ3) is 6.73. The molecule has 1 saturated heterocycles. The van der Waals surface area contributed by atoms with E-state index in [2.05, 4.69) is 46.3 Å². The van der Waals surface area contributed by atoms with Gasteiger partial charge in [-0.05, 0) is 41.4 Å². The normalized spacial score (nSPS) is 15.5. The van der Waals surface area contributed by atoms with Crippen molar-refractivity contribution in [2.45, 2.75) is 20.0 Å². The highest BCUT2D eigenvalue weighted by atomic mass is 16.5. The summed E-state index contributed by atoms with van der Waals surface area (Å²) in [5.74, 6) is 0.672. The number of methoxy groups -OCH3 is 1. The molecule has 0 atom stereocenters. The number of carbonyl (C=O) groups excluding carboxylic acids is 1. The predicted octanol–water partition coefficient (Wildman–Crippen LogP) is 3.16. The summed E-state index contributed by atoms with van der Waals surface area (Å²) in [4.78, 5) is 17.1. The molecule has 0 spiro atoms. The molecule has 5 heteroatoms. The van der Waals surface area contributed by atoms with Crippen LogP contribution in [0.15, 0.2) is 54.6 Å². The summed E-state index contributed by atoms with van der Waals surface area (Å²) in [5, 5.41) is 2.94. The number of carbonyl (C=O) groups is 1. The molecule has 0 unspecified atom stereocenters. The number of nitrogens with one attached hydrogen (secondary N) is 1. The van der Waals surface area contributed by atoms with E-state index in [1.54, 1.807) is 19.3 Å². The molecule has 0 aliphatic carbocycles. The van der Waals surface area contributed by atoms with Crippen LogP contribution in [0.2, 0.25) is 0 Å². The first-order chi connectivity index (χ1) is 14.2. The highest BCUT2D eigenvalue weighted by Gasteiger charge is 2.15. The van der Waals surface area contributed by atoms with E-state index in [9.17, 15) is 4.79 Å². The van der Waals surface area contributed by atoms with Gasteiger partial charge in [0.15, 0.2) is 0 Å². The molecule has 2 aromatic rings. The largest absolute Gasteiger partial charge is 0.497 e. The van der Waals surface area contributed by atoms with Crippen LogP contribution in [-0.4, -0.2) is 55.5 Å². The summed E-state index contributed by atoms with van der Waals surface area (Å²) in [5.41, 5.74) is 3.36. The molecule has 1 heterocycles. The number of amides is 1. The maximum Gasteiger partial charge on any atom is 0.244 e. The first kappa shape index (κ1) is 21.1. The van der Waals surface area contributed by atoms with Crippen molar-refractivity contribution < 1.29 is 9.53 Å². The minimum Gasteiger partial charge on any atom is -0.497 e. The van der Waals surface area contributed by atoms with Gasteiger partial charge >= 0.3 is 0 Å². The van der Waals surface area contributed by atoms with Gasteiger partial charge in [0.1, 0.15) is 5.75 Å². The fourth-order valence-electron chi connectivity index (χ4n) is 3.45. The second kappa shape index (κ2) is 10.8. The number of hydrogen-bond acceptors (Lipinski definition) is 4. The van der Waals surface area contributed by atoms with Gasteiger partial charge in [0.25, 0.3) is 0 Å². The van der Waals surface area contributed by atoms with Crippen LogP contribution >= 0.6 is 0 Å². The van der Waals surface area contributed by atoms with Gasteiger partial charge in [-0.1, -0.05) is 43.3 Å². The summed E-state index contributed by atoms with van der Waals surface area (Å²) in [6.07, 6.45) is 3.35. The van der Waals surface area contributed by atoms with Crippen LogP contribution in [0.1, 0.15) is 23.6 Å². The Hall–Kier alpha value is -2.63. The first-order valence-electron chi connectivity index (χ1n) is 10.3. The average molecular weight is 394 g/mol. The minimum absolute atomic E-state index is 0.106. The van der Waals surface area contributed by atoms with Gasteiger partial charge in [-0.15, -0.1) is 0 Å². The number of ether oxygens (including phenoxy) is 1. The zero-order valence-corrected chi connectivity index (χ0v) is 17.4. The van der Waals surface area contributed by atoms with Crippen molar-refractivity contribution in [2.24, 2.45) is 0 Å².